The van der Waals surface area contributed by atoms with E-state index in [-0.39, 0.29) is 35.6 Å². The number of benzene rings is 1. The van der Waals surface area contributed by atoms with Gasteiger partial charge >= 0.3 is 0 Å². The van der Waals surface area contributed by atoms with Gasteiger partial charge in [-0.25, -0.2) is 8.42 Å². The predicted molar refractivity (Wildman–Crippen MR) is 123 cm³/mol. The van der Waals surface area contributed by atoms with Crippen molar-refractivity contribution in [2.24, 2.45) is 10.9 Å². The van der Waals surface area contributed by atoms with Crippen molar-refractivity contribution >= 4 is 45.3 Å². The molecule has 0 radical (unpaired) electrons. The summed E-state index contributed by atoms with van der Waals surface area (Å²) >= 11 is 0. The van der Waals surface area contributed by atoms with E-state index in [0.717, 1.165) is 31.9 Å². The van der Waals surface area contributed by atoms with Crippen LogP contribution in [0.4, 0.5) is 0 Å². The fourth-order valence-corrected chi connectivity index (χ4v) is 5.29. The molecule has 2 heterocycles. The van der Waals surface area contributed by atoms with Crippen molar-refractivity contribution in [1.29, 1.82) is 0 Å². The topological polar surface area (TPSA) is 61.8 Å². The highest BCUT2D eigenvalue weighted by Crippen LogP contribution is 2.22. The molecule has 0 aliphatic carbocycles. The third-order valence-corrected chi connectivity index (χ3v) is 6.72. The Balaban J connectivity index is 0.00000261. The molecule has 1 unspecified atom stereocenters. The summed E-state index contributed by atoms with van der Waals surface area (Å²) in [6, 6.07) is 10.5. The van der Waals surface area contributed by atoms with Crippen molar-refractivity contribution in [3.63, 3.8) is 0 Å². The summed E-state index contributed by atoms with van der Waals surface area (Å²) in [5.41, 5.74) is 2.65. The molecule has 7 heteroatoms. The highest BCUT2D eigenvalue weighted by Gasteiger charge is 2.28. The normalized spacial score (nSPS) is 21.9. The van der Waals surface area contributed by atoms with Gasteiger partial charge in [0.05, 0.1) is 11.5 Å². The molecule has 0 spiro atoms. The summed E-state index contributed by atoms with van der Waals surface area (Å²) < 4.78 is 23.3. The van der Waals surface area contributed by atoms with E-state index >= 15 is 0 Å². The molecule has 1 fully saturated rings. The van der Waals surface area contributed by atoms with E-state index in [1.165, 1.54) is 11.1 Å². The van der Waals surface area contributed by atoms with E-state index in [1.807, 2.05) is 12.1 Å². The Kier molecular flexibility index (Phi) is 8.34. The molecule has 1 N–H and O–H groups in total. The lowest BCUT2D eigenvalue weighted by molar-refractivity contribution is 0.438. The van der Waals surface area contributed by atoms with Crippen LogP contribution in [0.1, 0.15) is 18.4 Å². The number of aliphatic imine (C=N–C) groups is 1. The summed E-state index contributed by atoms with van der Waals surface area (Å²) in [4.78, 5) is 6.94. The maximum absolute atomic E-state index is 11.6. The first-order valence-electron chi connectivity index (χ1n) is 9.16. The molecule has 0 aromatic heterocycles. The standard InChI is InChI=1S/C20H27N3O2S.HI/c1-2-11-21-20(22-15-17-10-14-26(24,25)16-17)23-12-8-19(9-13-23)18-6-4-3-5-7-18;/h2-8,17H,1,9-16H2,(H,21,22);1H. The van der Waals surface area contributed by atoms with Crippen molar-refractivity contribution in [3.8, 4) is 0 Å². The smallest absolute Gasteiger partial charge is 0.194 e. The van der Waals surface area contributed by atoms with Crippen molar-refractivity contribution in [2.75, 3.05) is 37.7 Å². The van der Waals surface area contributed by atoms with Crippen molar-refractivity contribution in [2.45, 2.75) is 12.8 Å². The molecule has 0 saturated carbocycles. The summed E-state index contributed by atoms with van der Waals surface area (Å²) in [6.45, 7) is 6.66. The van der Waals surface area contributed by atoms with Crippen LogP contribution in [0.5, 0.6) is 0 Å². The molecule has 27 heavy (non-hydrogen) atoms. The van der Waals surface area contributed by atoms with Crippen molar-refractivity contribution in [1.82, 2.24) is 10.2 Å². The SMILES string of the molecule is C=CCNC(=NCC1CCS(=O)(=O)C1)N1CC=C(c2ccccc2)CC1.I. The Hall–Kier alpha value is -1.35. The van der Waals surface area contributed by atoms with Gasteiger partial charge in [0, 0.05) is 26.2 Å². The van der Waals surface area contributed by atoms with E-state index in [1.54, 1.807) is 0 Å². The van der Waals surface area contributed by atoms with Crippen LogP contribution < -0.4 is 5.32 Å². The summed E-state index contributed by atoms with van der Waals surface area (Å²) in [5.74, 6) is 1.55. The lowest BCUT2D eigenvalue weighted by atomic mass is 10.00. The van der Waals surface area contributed by atoms with Gasteiger partial charge in [0.15, 0.2) is 15.8 Å². The molecule has 1 aromatic rings. The molecular formula is C20H28IN3O2S. The Bertz CT molecular complexity index is 791. The van der Waals surface area contributed by atoms with E-state index in [0.29, 0.717) is 18.8 Å². The fraction of sp³-hybridized carbons (Fsp3) is 0.450. The molecule has 5 nitrogen and oxygen atoms in total. The molecule has 0 bridgehead atoms. The number of hydrogen-bond donors (Lipinski definition) is 1. The van der Waals surface area contributed by atoms with E-state index in [2.05, 4.69) is 47.1 Å². The molecule has 2 aliphatic heterocycles. The van der Waals surface area contributed by atoms with E-state index in [4.69, 9.17) is 4.99 Å². The Morgan fingerprint density at radius 2 is 2.11 bits per heavy atom. The summed E-state index contributed by atoms with van der Waals surface area (Å²) in [6.07, 6.45) is 5.75. The Morgan fingerprint density at radius 3 is 2.70 bits per heavy atom. The average molecular weight is 501 g/mol. The number of nitrogens with zero attached hydrogens (tertiary/aromatic N) is 2. The first-order valence-corrected chi connectivity index (χ1v) is 11.0. The largest absolute Gasteiger partial charge is 0.353 e. The van der Waals surface area contributed by atoms with Crippen LogP contribution in [-0.4, -0.2) is 57.0 Å². The number of rotatable bonds is 5. The van der Waals surface area contributed by atoms with Crippen LogP contribution in [0.3, 0.4) is 0 Å². The molecule has 1 atom stereocenters. The molecule has 1 aromatic carbocycles. The fourth-order valence-electron chi connectivity index (χ4n) is 3.44. The second-order valence-electron chi connectivity index (χ2n) is 6.89. The average Bonchev–Trinajstić information content (AvgIpc) is 3.02. The predicted octanol–water partition coefficient (Wildman–Crippen LogP) is 2.96. The minimum absolute atomic E-state index is 0. The van der Waals surface area contributed by atoms with Crippen LogP contribution in [0.15, 0.2) is 54.1 Å². The third kappa shape index (κ3) is 6.34. The zero-order valence-electron chi connectivity index (χ0n) is 15.5. The second-order valence-corrected chi connectivity index (χ2v) is 9.12. The maximum Gasteiger partial charge on any atom is 0.194 e. The van der Waals surface area contributed by atoms with Gasteiger partial charge in [-0.3, -0.25) is 4.99 Å². The number of guanidine groups is 1. The van der Waals surface area contributed by atoms with Gasteiger partial charge in [0.2, 0.25) is 0 Å². The van der Waals surface area contributed by atoms with Crippen LogP contribution in [0.25, 0.3) is 5.57 Å². The lowest BCUT2D eigenvalue weighted by Gasteiger charge is -2.30. The molecular weight excluding hydrogens is 473 g/mol. The number of halogens is 1. The second kappa shape index (κ2) is 10.3. The monoisotopic (exact) mass is 501 g/mol. The summed E-state index contributed by atoms with van der Waals surface area (Å²) in [7, 11) is -2.85. The number of sulfone groups is 1. The van der Waals surface area contributed by atoms with Gasteiger partial charge in [0.25, 0.3) is 0 Å². The number of hydrogen-bond acceptors (Lipinski definition) is 3. The quantitative estimate of drug-likeness (QED) is 0.292. The third-order valence-electron chi connectivity index (χ3n) is 4.88. The maximum atomic E-state index is 11.6. The minimum atomic E-state index is -2.85. The van der Waals surface area contributed by atoms with Gasteiger partial charge in [0.1, 0.15) is 0 Å². The Morgan fingerprint density at radius 1 is 1.33 bits per heavy atom. The van der Waals surface area contributed by atoms with Gasteiger partial charge in [-0.1, -0.05) is 42.5 Å². The Labute approximate surface area is 179 Å². The molecule has 2 aliphatic rings. The highest BCUT2D eigenvalue weighted by atomic mass is 127. The van der Waals surface area contributed by atoms with Gasteiger partial charge in [-0.2, -0.15) is 0 Å². The van der Waals surface area contributed by atoms with Crippen molar-refractivity contribution < 1.29 is 8.42 Å². The van der Waals surface area contributed by atoms with E-state index in [9.17, 15) is 8.42 Å². The van der Waals surface area contributed by atoms with Gasteiger partial charge in [-0.05, 0) is 29.9 Å². The van der Waals surface area contributed by atoms with Gasteiger partial charge in [-0.15, -0.1) is 30.6 Å². The molecule has 1 saturated heterocycles. The van der Waals surface area contributed by atoms with Crippen LogP contribution >= 0.6 is 24.0 Å². The molecule has 148 valence electrons. The van der Waals surface area contributed by atoms with E-state index < -0.39 is 9.84 Å². The minimum Gasteiger partial charge on any atom is -0.353 e. The van der Waals surface area contributed by atoms with Crippen LogP contribution in [0, 0.1) is 5.92 Å². The van der Waals surface area contributed by atoms with Gasteiger partial charge < -0.3 is 10.2 Å². The molecule has 0 amide bonds. The zero-order chi connectivity index (χ0) is 18.4. The first kappa shape index (κ1) is 21.9. The number of nitrogens with one attached hydrogen (secondary N) is 1. The lowest BCUT2D eigenvalue weighted by Crippen LogP contribution is -2.44. The molecule has 3 rings (SSSR count). The summed E-state index contributed by atoms with van der Waals surface area (Å²) in [5, 5.41) is 3.32. The first-order chi connectivity index (χ1) is 12.6. The van der Waals surface area contributed by atoms with Crippen LogP contribution in [-0.2, 0) is 9.84 Å². The zero-order valence-corrected chi connectivity index (χ0v) is 18.7. The van der Waals surface area contributed by atoms with Crippen molar-refractivity contribution in [3.05, 3.63) is 54.6 Å². The van der Waals surface area contributed by atoms with Crippen LogP contribution in [0.2, 0.25) is 0 Å². The highest BCUT2D eigenvalue weighted by molar-refractivity contribution is 14.0.